The minimum Gasteiger partial charge on any atom is -0.353 e. The van der Waals surface area contributed by atoms with Gasteiger partial charge in [0.1, 0.15) is 0 Å². The van der Waals surface area contributed by atoms with Crippen molar-refractivity contribution in [1.29, 1.82) is 0 Å². The molecule has 1 aliphatic rings. The average Bonchev–Trinajstić information content (AvgIpc) is 3.10. The van der Waals surface area contributed by atoms with Crippen LogP contribution in [0.25, 0.3) is 0 Å². The first-order valence-corrected chi connectivity index (χ1v) is 10.7. The largest absolute Gasteiger partial charge is 0.416 e. The predicted molar refractivity (Wildman–Crippen MR) is 116 cm³/mol. The lowest BCUT2D eigenvalue weighted by atomic mass is 10.1. The Morgan fingerprint density at radius 1 is 1.16 bits per heavy atom. The zero-order chi connectivity index (χ0) is 22.6. The smallest absolute Gasteiger partial charge is 0.353 e. The summed E-state index contributed by atoms with van der Waals surface area (Å²) in [6, 6.07) is 12.5. The monoisotopic (exact) mass is 453 g/mol. The number of rotatable bonds is 7. The lowest BCUT2D eigenvalue weighted by molar-refractivity contribution is -0.137. The van der Waals surface area contributed by atoms with Crippen molar-refractivity contribution in [3.05, 3.63) is 70.2 Å². The van der Waals surface area contributed by atoms with Gasteiger partial charge in [0.05, 0.1) is 11.6 Å². The van der Waals surface area contributed by atoms with Crippen LogP contribution in [0.1, 0.15) is 37.0 Å². The zero-order valence-electron chi connectivity index (χ0n) is 17.5. The number of nitrogens with one attached hydrogen (secondary N) is 2. The Morgan fingerprint density at radius 3 is 2.45 bits per heavy atom. The number of hydrogen-bond acceptors (Lipinski definition) is 3. The minimum atomic E-state index is -4.34. The molecule has 168 valence electrons. The molecule has 2 N–H and O–H groups in total. The maximum absolute atomic E-state index is 12.8. The molecule has 1 aliphatic heterocycles. The van der Waals surface area contributed by atoms with Crippen LogP contribution in [0.5, 0.6) is 0 Å². The number of alkyl halides is 3. The second-order valence-corrected chi connectivity index (χ2v) is 8.62. The Labute approximate surface area is 185 Å². The third-order valence-corrected chi connectivity index (χ3v) is 5.71. The Kier molecular flexibility index (Phi) is 7.62. The van der Waals surface area contributed by atoms with Crippen LogP contribution in [0.15, 0.2) is 48.5 Å². The van der Waals surface area contributed by atoms with E-state index in [-0.39, 0.29) is 24.0 Å². The summed E-state index contributed by atoms with van der Waals surface area (Å²) in [5, 5.41) is 7.03. The molecule has 2 aromatic carbocycles. The third kappa shape index (κ3) is 6.45. The molecule has 0 saturated carbocycles. The summed E-state index contributed by atoms with van der Waals surface area (Å²) in [6.45, 7) is 5.47. The second-order valence-electron chi connectivity index (χ2n) is 8.21. The molecule has 0 aromatic heterocycles. The van der Waals surface area contributed by atoms with Crippen LogP contribution in [0.2, 0.25) is 5.02 Å². The van der Waals surface area contributed by atoms with Crippen molar-refractivity contribution in [3.63, 3.8) is 0 Å². The number of benzene rings is 2. The Bertz CT molecular complexity index is 886. The van der Waals surface area contributed by atoms with E-state index in [0.29, 0.717) is 31.1 Å². The summed E-state index contributed by atoms with van der Waals surface area (Å²) in [4.78, 5) is 14.9. The van der Waals surface area contributed by atoms with Crippen molar-refractivity contribution in [2.24, 2.45) is 0 Å². The van der Waals surface area contributed by atoms with Crippen molar-refractivity contribution in [2.45, 2.75) is 57.7 Å². The summed E-state index contributed by atoms with van der Waals surface area (Å²) in [7, 11) is 0. The molecular weight excluding hydrogens is 427 g/mol. The molecule has 3 rings (SSSR count). The molecule has 2 aromatic rings. The van der Waals surface area contributed by atoms with Crippen molar-refractivity contribution in [2.75, 3.05) is 6.54 Å². The SMILES string of the molecule is CC(C)NC(=O)[C@@H]1C[C@H](NCc2ccc(C(F)(F)F)cc2)CN1Cc1ccccc1Cl. The predicted octanol–water partition coefficient (Wildman–Crippen LogP) is 4.62. The number of carbonyl (C=O) groups is 1. The molecule has 0 radical (unpaired) electrons. The molecular formula is C23H27ClF3N3O. The summed E-state index contributed by atoms with van der Waals surface area (Å²) in [5.74, 6) is -0.0270. The molecule has 0 bridgehead atoms. The van der Waals surface area contributed by atoms with Gasteiger partial charge in [0.15, 0.2) is 0 Å². The molecule has 1 saturated heterocycles. The molecule has 1 amide bonds. The van der Waals surface area contributed by atoms with Crippen LogP contribution in [-0.4, -0.2) is 35.5 Å². The molecule has 0 aliphatic carbocycles. The van der Waals surface area contributed by atoms with Crippen LogP contribution in [0.3, 0.4) is 0 Å². The van der Waals surface area contributed by atoms with Crippen molar-refractivity contribution >= 4 is 17.5 Å². The standard InChI is InChI=1S/C23H27ClF3N3O/c1-15(2)29-22(31)21-11-19(14-30(21)13-17-5-3-4-6-20(17)24)28-12-16-7-9-18(10-8-16)23(25,26)27/h3-10,15,19,21,28H,11-14H2,1-2H3,(H,29,31)/t19-,21-/m0/s1. The van der Waals surface area contributed by atoms with E-state index in [4.69, 9.17) is 11.6 Å². The van der Waals surface area contributed by atoms with Gasteiger partial charge in [-0.3, -0.25) is 9.69 Å². The van der Waals surface area contributed by atoms with E-state index in [2.05, 4.69) is 15.5 Å². The van der Waals surface area contributed by atoms with Crippen molar-refractivity contribution in [3.8, 4) is 0 Å². The van der Waals surface area contributed by atoms with Gasteiger partial charge in [-0.1, -0.05) is 41.9 Å². The van der Waals surface area contributed by atoms with Gasteiger partial charge in [-0.2, -0.15) is 13.2 Å². The fourth-order valence-electron chi connectivity index (χ4n) is 3.80. The second kappa shape index (κ2) is 10.0. The van der Waals surface area contributed by atoms with Gasteiger partial charge in [0.25, 0.3) is 0 Å². The van der Waals surface area contributed by atoms with Gasteiger partial charge in [-0.05, 0) is 49.6 Å². The number of likely N-dealkylation sites (tertiary alicyclic amines) is 1. The summed E-state index contributed by atoms with van der Waals surface area (Å²) < 4.78 is 38.2. The highest BCUT2D eigenvalue weighted by Crippen LogP contribution is 2.29. The number of halogens is 4. The van der Waals surface area contributed by atoms with Crippen LogP contribution in [0.4, 0.5) is 13.2 Å². The first kappa shape index (κ1) is 23.6. The van der Waals surface area contributed by atoms with Gasteiger partial charge in [0.2, 0.25) is 5.91 Å². The Balaban J connectivity index is 1.66. The molecule has 0 unspecified atom stereocenters. The Hall–Kier alpha value is -2.09. The minimum absolute atomic E-state index is 0.0270. The van der Waals surface area contributed by atoms with Crippen molar-refractivity contribution in [1.82, 2.24) is 15.5 Å². The lowest BCUT2D eigenvalue weighted by Crippen LogP contribution is -2.45. The number of hydrogen-bond donors (Lipinski definition) is 2. The van der Waals surface area contributed by atoms with Gasteiger partial charge < -0.3 is 10.6 Å². The lowest BCUT2D eigenvalue weighted by Gasteiger charge is -2.24. The molecule has 8 heteroatoms. The van der Waals surface area contributed by atoms with Crippen LogP contribution in [-0.2, 0) is 24.1 Å². The van der Waals surface area contributed by atoms with Gasteiger partial charge in [0, 0.05) is 36.7 Å². The highest BCUT2D eigenvalue weighted by atomic mass is 35.5. The summed E-state index contributed by atoms with van der Waals surface area (Å²) in [6.07, 6.45) is -3.72. The highest BCUT2D eigenvalue weighted by Gasteiger charge is 2.37. The normalized spacial score (nSPS) is 19.7. The fraction of sp³-hybridized carbons (Fsp3) is 0.435. The van der Waals surface area contributed by atoms with E-state index >= 15 is 0 Å². The van der Waals surface area contributed by atoms with Gasteiger partial charge >= 0.3 is 6.18 Å². The molecule has 0 spiro atoms. The first-order chi connectivity index (χ1) is 14.6. The van der Waals surface area contributed by atoms with E-state index < -0.39 is 11.7 Å². The highest BCUT2D eigenvalue weighted by molar-refractivity contribution is 6.31. The fourth-order valence-corrected chi connectivity index (χ4v) is 3.99. The van der Waals surface area contributed by atoms with Gasteiger partial charge in [-0.15, -0.1) is 0 Å². The van der Waals surface area contributed by atoms with Crippen LogP contribution in [0, 0.1) is 0 Å². The number of nitrogens with zero attached hydrogens (tertiary/aromatic N) is 1. The van der Waals surface area contributed by atoms with E-state index in [1.165, 1.54) is 12.1 Å². The number of carbonyl (C=O) groups excluding carboxylic acids is 1. The summed E-state index contributed by atoms with van der Waals surface area (Å²) in [5.41, 5.74) is 1.06. The molecule has 1 heterocycles. The summed E-state index contributed by atoms with van der Waals surface area (Å²) >= 11 is 6.31. The molecule has 1 fully saturated rings. The van der Waals surface area contributed by atoms with E-state index in [1.807, 2.05) is 38.1 Å². The molecule has 2 atom stereocenters. The zero-order valence-corrected chi connectivity index (χ0v) is 18.3. The average molecular weight is 454 g/mol. The van der Waals surface area contributed by atoms with E-state index in [9.17, 15) is 18.0 Å². The van der Waals surface area contributed by atoms with Crippen LogP contribution >= 0.6 is 11.6 Å². The van der Waals surface area contributed by atoms with E-state index in [0.717, 1.165) is 23.3 Å². The quantitative estimate of drug-likeness (QED) is 0.643. The molecule has 31 heavy (non-hydrogen) atoms. The van der Waals surface area contributed by atoms with E-state index in [1.54, 1.807) is 0 Å². The maximum Gasteiger partial charge on any atom is 0.416 e. The Morgan fingerprint density at radius 2 is 1.84 bits per heavy atom. The third-order valence-electron chi connectivity index (χ3n) is 5.34. The molecule has 4 nitrogen and oxygen atoms in total. The first-order valence-electron chi connectivity index (χ1n) is 10.3. The van der Waals surface area contributed by atoms with Crippen LogP contribution < -0.4 is 10.6 Å². The van der Waals surface area contributed by atoms with Gasteiger partial charge in [-0.25, -0.2) is 0 Å². The topological polar surface area (TPSA) is 44.4 Å². The maximum atomic E-state index is 12.8. The number of amides is 1. The van der Waals surface area contributed by atoms with Crippen molar-refractivity contribution < 1.29 is 18.0 Å².